The fraction of sp³-hybridized carbons (Fsp3) is 0.857. The van der Waals surface area contributed by atoms with Crippen molar-refractivity contribution in [1.82, 2.24) is 0 Å². The molecule has 3 nitrogen and oxygen atoms in total. The molecule has 0 saturated carbocycles. The highest BCUT2D eigenvalue weighted by Crippen LogP contribution is 2.34. The smallest absolute Gasteiger partial charge is 0.141 e. The van der Waals surface area contributed by atoms with Crippen LogP contribution in [0.1, 0.15) is 53.4 Å². The van der Waals surface area contributed by atoms with E-state index in [0.717, 1.165) is 12.8 Å². The van der Waals surface area contributed by atoms with Gasteiger partial charge in [-0.1, -0.05) is 20.8 Å². The van der Waals surface area contributed by atoms with E-state index in [2.05, 4.69) is 13.8 Å². The minimum Gasteiger partial charge on any atom is -0.384 e. The molecule has 0 amide bonds. The summed E-state index contributed by atoms with van der Waals surface area (Å²) >= 11 is 0. The number of methoxy groups -OCH3 is 1. The number of ether oxygens (including phenoxy) is 1. The highest BCUT2D eigenvalue weighted by Gasteiger charge is 2.39. The molecular formula is C14H26O3. The molecule has 1 unspecified atom stereocenters. The quantitative estimate of drug-likeness (QED) is 0.624. The van der Waals surface area contributed by atoms with Gasteiger partial charge in [0.1, 0.15) is 11.6 Å². The first-order chi connectivity index (χ1) is 7.88. The summed E-state index contributed by atoms with van der Waals surface area (Å²) in [6.45, 7) is 8.03. The van der Waals surface area contributed by atoms with Crippen LogP contribution in [0.15, 0.2) is 0 Å². The molecule has 3 heteroatoms. The summed E-state index contributed by atoms with van der Waals surface area (Å²) in [7, 11) is 1.59. The number of Topliss-reactive ketones (excluding diaryl/α,β-unsaturated/α-hetero) is 2. The third-order valence-electron chi connectivity index (χ3n) is 2.88. The van der Waals surface area contributed by atoms with Crippen LogP contribution in [-0.2, 0) is 14.3 Å². The molecule has 0 fully saturated rings. The molecule has 0 aromatic heterocycles. The number of hydrogen-bond donors (Lipinski definition) is 0. The third-order valence-corrected chi connectivity index (χ3v) is 2.88. The van der Waals surface area contributed by atoms with E-state index in [1.165, 1.54) is 0 Å². The van der Waals surface area contributed by atoms with E-state index in [0.29, 0.717) is 25.4 Å². The third kappa shape index (κ3) is 5.44. The summed E-state index contributed by atoms with van der Waals surface area (Å²) in [4.78, 5) is 23.7. The van der Waals surface area contributed by atoms with Crippen LogP contribution >= 0.6 is 0 Å². The van der Waals surface area contributed by atoms with Gasteiger partial charge in [-0.2, -0.15) is 0 Å². The lowest BCUT2D eigenvalue weighted by Crippen LogP contribution is -2.38. The minimum atomic E-state index is -0.606. The molecule has 0 aliphatic heterocycles. The molecule has 1 atom stereocenters. The van der Waals surface area contributed by atoms with Crippen molar-refractivity contribution in [3.05, 3.63) is 0 Å². The second-order valence-corrected chi connectivity index (χ2v) is 5.36. The Labute approximate surface area is 105 Å². The number of carbonyl (C=O) groups excluding carboxylic acids is 2. The minimum absolute atomic E-state index is 0.0622. The van der Waals surface area contributed by atoms with Crippen LogP contribution in [0.3, 0.4) is 0 Å². The van der Waals surface area contributed by atoms with Crippen molar-refractivity contribution in [2.75, 3.05) is 13.7 Å². The largest absolute Gasteiger partial charge is 0.384 e. The molecule has 0 N–H and O–H groups in total. The Balaban J connectivity index is 5.06. The first-order valence-electron chi connectivity index (χ1n) is 6.39. The van der Waals surface area contributed by atoms with Gasteiger partial charge in [-0.3, -0.25) is 9.59 Å². The monoisotopic (exact) mass is 242 g/mol. The molecule has 0 rings (SSSR count). The van der Waals surface area contributed by atoms with Crippen LogP contribution in [0, 0.1) is 11.3 Å². The molecule has 0 heterocycles. The van der Waals surface area contributed by atoms with E-state index in [9.17, 15) is 9.59 Å². The number of rotatable bonds is 9. The van der Waals surface area contributed by atoms with Crippen LogP contribution in [0.25, 0.3) is 0 Å². The molecule has 0 bridgehead atoms. The van der Waals surface area contributed by atoms with Crippen molar-refractivity contribution >= 4 is 11.6 Å². The van der Waals surface area contributed by atoms with E-state index in [-0.39, 0.29) is 11.6 Å². The van der Waals surface area contributed by atoms with Crippen molar-refractivity contribution in [2.45, 2.75) is 53.4 Å². The normalized spacial score (nSPS) is 14.7. The lowest BCUT2D eigenvalue weighted by Gasteiger charge is -2.32. The molecule has 0 aliphatic rings. The lowest BCUT2D eigenvalue weighted by atomic mass is 9.72. The topological polar surface area (TPSA) is 43.4 Å². The number of ketones is 2. The maximum absolute atomic E-state index is 12.3. The van der Waals surface area contributed by atoms with E-state index < -0.39 is 5.41 Å². The average Bonchev–Trinajstić information content (AvgIpc) is 2.15. The van der Waals surface area contributed by atoms with E-state index in [1.807, 2.05) is 6.92 Å². The molecule has 0 spiro atoms. The average molecular weight is 242 g/mol. The number of hydrogen-bond acceptors (Lipinski definition) is 3. The summed E-state index contributed by atoms with van der Waals surface area (Å²) in [5.74, 6) is 0.614. The first kappa shape index (κ1) is 16.3. The van der Waals surface area contributed by atoms with E-state index in [4.69, 9.17) is 4.74 Å². The predicted molar refractivity (Wildman–Crippen MR) is 69.0 cm³/mol. The molecule has 0 saturated heterocycles. The highest BCUT2D eigenvalue weighted by molar-refractivity contribution is 5.90. The molecule has 0 aromatic carbocycles. The van der Waals surface area contributed by atoms with Gasteiger partial charge in [0.2, 0.25) is 0 Å². The van der Waals surface area contributed by atoms with Crippen molar-refractivity contribution in [3.8, 4) is 0 Å². The zero-order valence-electron chi connectivity index (χ0n) is 11.8. The van der Waals surface area contributed by atoms with Crippen LogP contribution in [0.2, 0.25) is 0 Å². The summed E-state index contributed by atoms with van der Waals surface area (Å²) in [6.07, 6.45) is 2.38. The Kier molecular flexibility index (Phi) is 7.28. The van der Waals surface area contributed by atoms with Gasteiger partial charge in [0.15, 0.2) is 0 Å². The standard InChI is InChI=1S/C14H26O3/c1-6-7-13(16)14(10-17-5,8-11(2)3)9-12(4)15/h11H,6-10H2,1-5H3. The molecule has 0 radical (unpaired) electrons. The maximum Gasteiger partial charge on any atom is 0.141 e. The van der Waals surface area contributed by atoms with Gasteiger partial charge in [0.05, 0.1) is 12.0 Å². The second kappa shape index (κ2) is 7.59. The summed E-state index contributed by atoms with van der Waals surface area (Å²) < 4.78 is 5.20. The zero-order chi connectivity index (χ0) is 13.5. The highest BCUT2D eigenvalue weighted by atomic mass is 16.5. The number of carbonyl (C=O) groups is 2. The molecule has 17 heavy (non-hydrogen) atoms. The van der Waals surface area contributed by atoms with Gasteiger partial charge < -0.3 is 4.74 Å². The maximum atomic E-state index is 12.3. The van der Waals surface area contributed by atoms with Crippen molar-refractivity contribution in [1.29, 1.82) is 0 Å². The molecule has 0 aromatic rings. The Hall–Kier alpha value is -0.700. The molecule has 0 aliphatic carbocycles. The van der Waals surface area contributed by atoms with Crippen molar-refractivity contribution in [2.24, 2.45) is 11.3 Å². The fourth-order valence-electron chi connectivity index (χ4n) is 2.50. The van der Waals surface area contributed by atoms with Crippen LogP contribution in [0.4, 0.5) is 0 Å². The molecule has 100 valence electrons. The molecular weight excluding hydrogens is 216 g/mol. The zero-order valence-corrected chi connectivity index (χ0v) is 11.8. The summed E-state index contributed by atoms with van der Waals surface area (Å²) in [5, 5.41) is 0. The van der Waals surface area contributed by atoms with Gasteiger partial charge in [-0.15, -0.1) is 0 Å². The predicted octanol–water partition coefficient (Wildman–Crippen LogP) is 3.01. The van der Waals surface area contributed by atoms with Gasteiger partial charge in [-0.05, 0) is 25.7 Å². The Morgan fingerprint density at radius 3 is 2.24 bits per heavy atom. The van der Waals surface area contributed by atoms with Crippen LogP contribution < -0.4 is 0 Å². The summed E-state index contributed by atoms with van der Waals surface area (Å²) in [5.41, 5.74) is -0.606. The van der Waals surface area contributed by atoms with Crippen LogP contribution in [-0.4, -0.2) is 25.3 Å². The lowest BCUT2D eigenvalue weighted by molar-refractivity contribution is -0.138. The Morgan fingerprint density at radius 2 is 1.88 bits per heavy atom. The second-order valence-electron chi connectivity index (χ2n) is 5.36. The fourth-order valence-corrected chi connectivity index (χ4v) is 2.50. The van der Waals surface area contributed by atoms with Crippen molar-refractivity contribution in [3.63, 3.8) is 0 Å². The van der Waals surface area contributed by atoms with Crippen LogP contribution in [0.5, 0.6) is 0 Å². The van der Waals surface area contributed by atoms with E-state index >= 15 is 0 Å². The Bertz CT molecular complexity index is 258. The van der Waals surface area contributed by atoms with Gasteiger partial charge in [-0.25, -0.2) is 0 Å². The van der Waals surface area contributed by atoms with Gasteiger partial charge in [0.25, 0.3) is 0 Å². The Morgan fingerprint density at radius 1 is 1.29 bits per heavy atom. The van der Waals surface area contributed by atoms with Crippen molar-refractivity contribution < 1.29 is 14.3 Å². The van der Waals surface area contributed by atoms with Gasteiger partial charge >= 0.3 is 0 Å². The summed E-state index contributed by atoms with van der Waals surface area (Å²) in [6, 6.07) is 0. The van der Waals surface area contributed by atoms with E-state index in [1.54, 1.807) is 14.0 Å². The SMILES string of the molecule is CCCC(=O)C(COC)(CC(C)=O)CC(C)C. The first-order valence-corrected chi connectivity index (χ1v) is 6.39. The van der Waals surface area contributed by atoms with Gasteiger partial charge in [0, 0.05) is 20.0 Å².